The highest BCUT2D eigenvalue weighted by atomic mass is 19.4. The summed E-state index contributed by atoms with van der Waals surface area (Å²) in [7, 11) is 0. The first-order valence-corrected chi connectivity index (χ1v) is 11.5. The largest absolute Gasteiger partial charge is 0.416 e. The number of amidine groups is 1. The number of benzene rings is 3. The molecule has 0 fully saturated rings. The number of nitrogens with two attached hydrogens (primary N) is 1. The molecular formula is C28H25F6N3O. The van der Waals surface area contributed by atoms with Crippen molar-refractivity contribution in [3.05, 3.63) is 112 Å². The van der Waals surface area contributed by atoms with E-state index >= 15 is 0 Å². The molecule has 0 radical (unpaired) electrons. The van der Waals surface area contributed by atoms with Crippen LogP contribution in [0, 0.1) is 0 Å². The number of carbonyl (C=O) groups excluding carboxylic acids is 1. The molecule has 0 bridgehead atoms. The van der Waals surface area contributed by atoms with E-state index in [1.54, 1.807) is 68.5 Å². The lowest BCUT2D eigenvalue weighted by Gasteiger charge is -2.21. The van der Waals surface area contributed by atoms with Crippen LogP contribution in [0.1, 0.15) is 64.9 Å². The van der Waals surface area contributed by atoms with Crippen LogP contribution in [0.25, 0.3) is 0 Å². The van der Waals surface area contributed by atoms with Crippen molar-refractivity contribution in [3.8, 4) is 0 Å². The fourth-order valence-electron chi connectivity index (χ4n) is 3.77. The Labute approximate surface area is 215 Å². The number of nitrogens with one attached hydrogen (secondary N) is 1. The Morgan fingerprint density at radius 1 is 0.921 bits per heavy atom. The minimum atomic E-state index is -4.99. The average Bonchev–Trinajstić information content (AvgIpc) is 2.86. The summed E-state index contributed by atoms with van der Waals surface area (Å²) >= 11 is 0. The van der Waals surface area contributed by atoms with Crippen molar-refractivity contribution in [2.75, 3.05) is 5.32 Å². The van der Waals surface area contributed by atoms with Gasteiger partial charge >= 0.3 is 12.4 Å². The Hall–Kier alpha value is -4.08. The Morgan fingerprint density at radius 3 is 1.97 bits per heavy atom. The molecule has 3 aromatic carbocycles. The molecule has 0 saturated carbocycles. The van der Waals surface area contributed by atoms with Crippen molar-refractivity contribution in [2.24, 2.45) is 10.7 Å². The fourth-order valence-corrected chi connectivity index (χ4v) is 3.77. The summed E-state index contributed by atoms with van der Waals surface area (Å²) in [5.74, 6) is -0.785. The first kappa shape index (κ1) is 28.5. The van der Waals surface area contributed by atoms with Crippen LogP contribution in [0.3, 0.4) is 0 Å². The third-order valence-corrected chi connectivity index (χ3v) is 5.93. The quantitative estimate of drug-likeness (QED) is 0.193. The predicted octanol–water partition coefficient (Wildman–Crippen LogP) is 7.76. The van der Waals surface area contributed by atoms with Crippen molar-refractivity contribution in [2.45, 2.75) is 39.0 Å². The van der Waals surface area contributed by atoms with Crippen LogP contribution in [-0.4, -0.2) is 11.7 Å². The summed E-state index contributed by atoms with van der Waals surface area (Å²) in [6.07, 6.45) is -8.32. The number of aliphatic imine (C=N–C) groups is 1. The number of allylic oxidation sites excluding steroid dienone is 2. The van der Waals surface area contributed by atoms with E-state index in [0.717, 1.165) is 5.56 Å². The van der Waals surface area contributed by atoms with Crippen molar-refractivity contribution < 1.29 is 31.1 Å². The van der Waals surface area contributed by atoms with Crippen LogP contribution in [0.2, 0.25) is 0 Å². The molecule has 0 aliphatic rings. The molecule has 3 rings (SSSR count). The van der Waals surface area contributed by atoms with E-state index in [1.807, 2.05) is 6.92 Å². The van der Waals surface area contributed by atoms with Gasteiger partial charge in [-0.3, -0.25) is 4.79 Å². The molecule has 38 heavy (non-hydrogen) atoms. The zero-order valence-corrected chi connectivity index (χ0v) is 20.7. The molecule has 1 amide bonds. The van der Waals surface area contributed by atoms with E-state index in [2.05, 4.69) is 10.3 Å². The number of hydrogen-bond donors (Lipinski definition) is 2. The monoisotopic (exact) mass is 533 g/mol. The number of halogens is 6. The number of alkyl halides is 6. The number of amides is 1. The molecule has 3 N–H and O–H groups in total. The molecule has 1 unspecified atom stereocenters. The van der Waals surface area contributed by atoms with E-state index in [-0.39, 0.29) is 17.8 Å². The van der Waals surface area contributed by atoms with Gasteiger partial charge in [0.1, 0.15) is 5.84 Å². The van der Waals surface area contributed by atoms with Crippen LogP contribution in [0.4, 0.5) is 32.0 Å². The maximum Gasteiger partial charge on any atom is 0.416 e. The molecule has 10 heteroatoms. The number of hydrogen-bond acceptors (Lipinski definition) is 2. The van der Waals surface area contributed by atoms with E-state index in [4.69, 9.17) is 5.73 Å². The van der Waals surface area contributed by atoms with E-state index in [1.165, 1.54) is 0 Å². The molecule has 4 nitrogen and oxygen atoms in total. The predicted molar refractivity (Wildman–Crippen MR) is 135 cm³/mol. The number of primary amides is 1. The summed E-state index contributed by atoms with van der Waals surface area (Å²) in [5, 5.41) is 2.70. The number of carbonyl (C=O) groups is 1. The van der Waals surface area contributed by atoms with Gasteiger partial charge in [0.2, 0.25) is 5.91 Å². The van der Waals surface area contributed by atoms with Gasteiger partial charge in [-0.1, -0.05) is 49.4 Å². The van der Waals surface area contributed by atoms with Crippen molar-refractivity contribution in [3.63, 3.8) is 0 Å². The Morgan fingerprint density at radius 2 is 1.47 bits per heavy atom. The van der Waals surface area contributed by atoms with Crippen molar-refractivity contribution >= 4 is 17.4 Å². The molecule has 0 saturated heterocycles. The zero-order valence-electron chi connectivity index (χ0n) is 20.7. The van der Waals surface area contributed by atoms with Crippen LogP contribution < -0.4 is 11.1 Å². The molecule has 0 spiro atoms. The lowest BCUT2D eigenvalue weighted by atomic mass is 9.88. The van der Waals surface area contributed by atoms with Crippen molar-refractivity contribution in [1.82, 2.24) is 0 Å². The maximum atomic E-state index is 13.4. The minimum absolute atomic E-state index is 0.0734. The number of anilines is 1. The minimum Gasteiger partial charge on any atom is -0.366 e. The Bertz CT molecular complexity index is 1340. The molecule has 0 aliphatic carbocycles. The highest BCUT2D eigenvalue weighted by molar-refractivity contribution is 6.10. The maximum absolute atomic E-state index is 13.4. The SMILES string of the molecule is CC=C(C)N=C(Nc1cc(C(F)(F)F)cc(C(F)(F)F)c1)c1ccccc1C(C)c1ccc(C(N)=O)cc1. The lowest BCUT2D eigenvalue weighted by Crippen LogP contribution is -2.19. The molecule has 1 atom stereocenters. The van der Waals surface area contributed by atoms with Crippen molar-refractivity contribution in [1.29, 1.82) is 0 Å². The topological polar surface area (TPSA) is 67.5 Å². The third-order valence-electron chi connectivity index (χ3n) is 5.93. The summed E-state index contributed by atoms with van der Waals surface area (Å²) in [6.45, 7) is 5.24. The molecule has 0 aliphatic heterocycles. The lowest BCUT2D eigenvalue weighted by molar-refractivity contribution is -0.143. The first-order chi connectivity index (χ1) is 17.7. The molecule has 0 aromatic heterocycles. The summed E-state index contributed by atoms with van der Waals surface area (Å²) in [6, 6.07) is 14.8. The molecule has 3 aromatic rings. The zero-order chi connectivity index (χ0) is 28.3. The van der Waals surface area contributed by atoms with Crippen LogP contribution in [0.15, 0.2) is 83.5 Å². The first-order valence-electron chi connectivity index (χ1n) is 11.5. The van der Waals surface area contributed by atoms with Gasteiger partial charge in [0.15, 0.2) is 0 Å². The van der Waals surface area contributed by atoms with Gasteiger partial charge in [-0.25, -0.2) is 4.99 Å². The van der Waals surface area contributed by atoms with E-state index in [9.17, 15) is 31.1 Å². The number of rotatable bonds is 6. The van der Waals surface area contributed by atoms with Gasteiger partial charge in [-0.2, -0.15) is 26.3 Å². The molecule has 0 heterocycles. The van der Waals surface area contributed by atoms with Gasteiger partial charge < -0.3 is 11.1 Å². The Kier molecular flexibility index (Phi) is 8.34. The van der Waals surface area contributed by atoms with Gasteiger partial charge in [0.25, 0.3) is 0 Å². The van der Waals surface area contributed by atoms with Crippen LogP contribution in [0.5, 0.6) is 0 Å². The highest BCUT2D eigenvalue weighted by Crippen LogP contribution is 2.38. The van der Waals surface area contributed by atoms with Crippen LogP contribution in [-0.2, 0) is 12.4 Å². The van der Waals surface area contributed by atoms with Gasteiger partial charge in [-0.15, -0.1) is 0 Å². The van der Waals surface area contributed by atoms with Gasteiger partial charge in [0, 0.05) is 28.4 Å². The smallest absolute Gasteiger partial charge is 0.366 e. The summed E-state index contributed by atoms with van der Waals surface area (Å²) in [5.41, 5.74) is 4.83. The second kappa shape index (κ2) is 11.1. The van der Waals surface area contributed by atoms with Gasteiger partial charge in [-0.05, 0) is 55.3 Å². The normalized spacial score (nSPS) is 13.8. The summed E-state index contributed by atoms with van der Waals surface area (Å²) < 4.78 is 80.6. The molecular weight excluding hydrogens is 508 g/mol. The Balaban J connectivity index is 2.14. The fraction of sp³-hybridized carbons (Fsp3) is 0.214. The van der Waals surface area contributed by atoms with E-state index < -0.39 is 35.1 Å². The number of nitrogens with zero attached hydrogens (tertiary/aromatic N) is 1. The average molecular weight is 534 g/mol. The van der Waals surface area contributed by atoms with E-state index in [0.29, 0.717) is 34.5 Å². The second-order valence-electron chi connectivity index (χ2n) is 8.61. The molecule has 200 valence electrons. The second-order valence-corrected chi connectivity index (χ2v) is 8.61. The standard InChI is InChI=1S/C28H25F6N3O/c1-4-16(2)36-26(37-22-14-20(27(29,30)31)13-21(15-22)28(32,33)34)24-8-6-5-7-23(24)17(3)18-9-11-19(12-10-18)25(35)38/h4-15,17H,1-3H3,(H2,35,38)(H,36,37). The van der Waals surface area contributed by atoms with Crippen LogP contribution >= 0.6 is 0 Å². The third kappa shape index (κ3) is 6.81. The summed E-state index contributed by atoms with van der Waals surface area (Å²) in [4.78, 5) is 15.9. The highest BCUT2D eigenvalue weighted by Gasteiger charge is 2.37. The van der Waals surface area contributed by atoms with Gasteiger partial charge in [0.05, 0.1) is 11.1 Å².